The fourth-order valence-electron chi connectivity index (χ4n) is 2.86. The SMILES string of the molecule is CCC[CH2][Sn+2][CH2]CCC.[S-]C1CCCCC1.[S-]C1CCCCC1. The van der Waals surface area contributed by atoms with Crippen molar-refractivity contribution in [2.45, 2.75) is 123 Å². The Morgan fingerprint density at radius 1 is 0.652 bits per heavy atom. The number of unbranched alkanes of at least 4 members (excludes halogenated alkanes) is 2. The Kier molecular flexibility index (Phi) is 21.1. The topological polar surface area (TPSA) is 0 Å². The molecule has 0 aliphatic heterocycles. The van der Waals surface area contributed by atoms with Gasteiger partial charge in [0.2, 0.25) is 0 Å². The van der Waals surface area contributed by atoms with Crippen molar-refractivity contribution < 1.29 is 0 Å². The maximum Gasteiger partial charge on any atom is -0.0534 e. The molecule has 3 heteroatoms. The first kappa shape index (κ1) is 24.5. The predicted molar refractivity (Wildman–Crippen MR) is 114 cm³/mol. The minimum absolute atomic E-state index is 0.149. The maximum absolute atomic E-state index is 5.09. The van der Waals surface area contributed by atoms with E-state index in [0.717, 1.165) is 0 Å². The minimum atomic E-state index is 0.149. The Morgan fingerprint density at radius 3 is 1.22 bits per heavy atom. The van der Waals surface area contributed by atoms with Crippen LogP contribution < -0.4 is 0 Å². The molecule has 0 aromatic heterocycles. The summed E-state index contributed by atoms with van der Waals surface area (Å²) in [6.07, 6.45) is 19.4. The van der Waals surface area contributed by atoms with Gasteiger partial charge in [0.25, 0.3) is 0 Å². The van der Waals surface area contributed by atoms with E-state index in [4.69, 9.17) is 25.3 Å². The summed E-state index contributed by atoms with van der Waals surface area (Å²) >= 11 is 10.3. The van der Waals surface area contributed by atoms with Gasteiger partial charge in [-0.2, -0.15) is 10.5 Å². The van der Waals surface area contributed by atoms with Crippen LogP contribution in [0, 0.1) is 0 Å². The van der Waals surface area contributed by atoms with Crippen LogP contribution >= 0.6 is 0 Å². The first-order chi connectivity index (χ1) is 11.2. The van der Waals surface area contributed by atoms with Crippen LogP contribution in [0.1, 0.15) is 104 Å². The van der Waals surface area contributed by atoms with Crippen LogP contribution in [0.15, 0.2) is 0 Å². The minimum Gasteiger partial charge on any atom is -0.789 e. The van der Waals surface area contributed by atoms with Gasteiger partial charge in [-0.05, 0) is 0 Å². The average Bonchev–Trinajstić information content (AvgIpc) is 2.57. The molecule has 0 amide bonds. The van der Waals surface area contributed by atoms with Crippen molar-refractivity contribution in [3.63, 3.8) is 0 Å². The van der Waals surface area contributed by atoms with Crippen molar-refractivity contribution in [1.82, 2.24) is 0 Å². The van der Waals surface area contributed by atoms with Crippen molar-refractivity contribution in [3.05, 3.63) is 0 Å². The second-order valence-corrected chi connectivity index (χ2v) is 12.6. The van der Waals surface area contributed by atoms with Gasteiger partial charge in [-0.1, -0.05) is 64.2 Å². The van der Waals surface area contributed by atoms with Gasteiger partial charge in [0, 0.05) is 0 Å². The summed E-state index contributed by atoms with van der Waals surface area (Å²) in [6, 6.07) is 0. The van der Waals surface area contributed by atoms with E-state index in [1.807, 2.05) is 0 Å². The van der Waals surface area contributed by atoms with Crippen molar-refractivity contribution in [1.29, 1.82) is 0 Å². The predicted octanol–water partition coefficient (Wildman–Crippen LogP) is 6.86. The summed E-state index contributed by atoms with van der Waals surface area (Å²) in [4.78, 5) is 0. The third-order valence-electron chi connectivity index (χ3n) is 4.52. The molecule has 0 atom stereocenters. The van der Waals surface area contributed by atoms with Gasteiger partial charge >= 0.3 is 69.5 Å². The molecule has 0 N–H and O–H groups in total. The molecular formula is C20H40S2Sn. The molecule has 2 rings (SSSR count). The zero-order valence-corrected chi connectivity index (χ0v) is 20.3. The van der Waals surface area contributed by atoms with Crippen LogP contribution in [0.2, 0.25) is 8.87 Å². The van der Waals surface area contributed by atoms with Crippen molar-refractivity contribution in [2.24, 2.45) is 0 Å². The maximum atomic E-state index is 5.09. The smallest absolute Gasteiger partial charge is 0.0534 e. The molecule has 0 heterocycles. The normalized spacial score (nSPS) is 19.0. The molecule has 0 aromatic rings. The summed E-state index contributed by atoms with van der Waals surface area (Å²) in [6.45, 7) is 4.58. The van der Waals surface area contributed by atoms with Crippen LogP contribution in [0.4, 0.5) is 0 Å². The average molecular weight is 463 g/mol. The molecule has 2 aliphatic carbocycles. The molecule has 2 aliphatic rings. The van der Waals surface area contributed by atoms with Gasteiger partial charge < -0.3 is 25.3 Å². The van der Waals surface area contributed by atoms with Gasteiger partial charge in [-0.25, -0.2) is 0 Å². The molecule has 23 heavy (non-hydrogen) atoms. The Labute approximate surface area is 168 Å². The van der Waals surface area contributed by atoms with Gasteiger partial charge in [-0.15, -0.1) is 0 Å². The molecule has 0 saturated heterocycles. The van der Waals surface area contributed by atoms with Gasteiger partial charge in [0.15, 0.2) is 0 Å². The van der Waals surface area contributed by atoms with E-state index in [-0.39, 0.29) is 21.1 Å². The van der Waals surface area contributed by atoms with Crippen LogP contribution in [0.25, 0.3) is 0 Å². The quantitative estimate of drug-likeness (QED) is 0.240. The first-order valence-electron chi connectivity index (χ1n) is 10.2. The fraction of sp³-hybridized carbons (Fsp3) is 1.00. The number of hydrogen-bond acceptors (Lipinski definition) is 2. The molecule has 2 fully saturated rings. The summed E-state index contributed by atoms with van der Waals surface area (Å²) in [5, 5.41) is 1.24. The van der Waals surface area contributed by atoms with Gasteiger partial charge in [-0.3, -0.25) is 0 Å². The van der Waals surface area contributed by atoms with E-state index < -0.39 is 0 Å². The third kappa shape index (κ3) is 19.7. The molecule has 2 saturated carbocycles. The second kappa shape index (κ2) is 19.8. The molecule has 0 aromatic carbocycles. The van der Waals surface area contributed by atoms with Crippen molar-refractivity contribution >= 4 is 46.4 Å². The van der Waals surface area contributed by atoms with E-state index in [2.05, 4.69) is 13.8 Å². The zero-order chi connectivity index (χ0) is 17.2. The number of rotatable bonds is 6. The molecule has 0 unspecified atom stereocenters. The molecule has 0 spiro atoms. The Morgan fingerprint density at radius 2 is 1.00 bits per heavy atom. The second-order valence-electron chi connectivity index (χ2n) is 6.98. The Hall–Kier alpha value is 1.50. The van der Waals surface area contributed by atoms with Gasteiger partial charge in [0.1, 0.15) is 0 Å². The van der Waals surface area contributed by atoms with Gasteiger partial charge in [0.05, 0.1) is 0 Å². The Balaban J connectivity index is 0.000000318. The monoisotopic (exact) mass is 464 g/mol. The molecule has 0 radical (unpaired) electrons. The number of hydrogen-bond donors (Lipinski definition) is 0. The summed E-state index contributed by atoms with van der Waals surface area (Å²) in [5.41, 5.74) is 0. The molecular weight excluding hydrogens is 423 g/mol. The largest absolute Gasteiger partial charge is 0.789 e. The van der Waals surface area contributed by atoms with E-state index >= 15 is 0 Å². The summed E-state index contributed by atoms with van der Waals surface area (Å²) in [7, 11) is 0. The van der Waals surface area contributed by atoms with Crippen LogP contribution in [0.3, 0.4) is 0 Å². The molecule has 136 valence electrons. The third-order valence-corrected chi connectivity index (χ3v) is 9.50. The standard InChI is InChI=1S/2C6H12S.2C4H9.Sn/c2*7-6-4-2-1-3-5-6;2*1-3-4-2;/h2*6-7H,1-5H2;2*1,3-4H2,2H3;/q;;;;+2/p-2. The molecule has 0 bridgehead atoms. The Bertz CT molecular complexity index is 190. The van der Waals surface area contributed by atoms with Crippen LogP contribution in [-0.2, 0) is 25.3 Å². The summed E-state index contributed by atoms with van der Waals surface area (Å²) < 4.78 is 3.25. The van der Waals surface area contributed by atoms with Crippen LogP contribution in [0.5, 0.6) is 0 Å². The van der Waals surface area contributed by atoms with E-state index in [9.17, 15) is 0 Å². The van der Waals surface area contributed by atoms with Crippen LogP contribution in [-0.4, -0.2) is 31.6 Å². The fourth-order valence-corrected chi connectivity index (χ4v) is 7.68. The van der Waals surface area contributed by atoms with Crippen molar-refractivity contribution in [3.8, 4) is 0 Å². The van der Waals surface area contributed by atoms with E-state index in [1.54, 1.807) is 8.87 Å². The van der Waals surface area contributed by atoms with Crippen molar-refractivity contribution in [2.75, 3.05) is 0 Å². The molecule has 0 nitrogen and oxygen atoms in total. The summed E-state index contributed by atoms with van der Waals surface area (Å²) in [5.74, 6) is 0. The van der Waals surface area contributed by atoms with E-state index in [0.29, 0.717) is 10.5 Å². The first-order valence-corrected chi connectivity index (χ1v) is 15.2. The van der Waals surface area contributed by atoms with E-state index in [1.165, 1.54) is 89.9 Å². The zero-order valence-electron chi connectivity index (χ0n) is 15.8.